The van der Waals surface area contributed by atoms with Gasteiger partial charge >= 0.3 is 0 Å². The van der Waals surface area contributed by atoms with Crippen molar-refractivity contribution < 1.29 is 4.39 Å². The molecule has 0 unspecified atom stereocenters. The third-order valence-electron chi connectivity index (χ3n) is 1.37. The minimum Gasteiger partial charge on any atom is -0.245 e. The lowest BCUT2D eigenvalue weighted by Gasteiger charge is -2.19. The molecule has 0 aromatic carbocycles. The lowest BCUT2D eigenvalue weighted by atomic mass is 10.1. The summed E-state index contributed by atoms with van der Waals surface area (Å²) >= 11 is 7.54. The van der Waals surface area contributed by atoms with Crippen LogP contribution in [-0.4, -0.2) is 9.78 Å². The van der Waals surface area contributed by atoms with E-state index >= 15 is 0 Å². The first-order valence-electron chi connectivity index (χ1n) is 3.44. The van der Waals surface area contributed by atoms with Crippen LogP contribution in [0.25, 0.3) is 0 Å². The molecule has 0 N–H and O–H groups in total. The van der Waals surface area contributed by atoms with Gasteiger partial charge in [-0.25, -0.2) is 9.07 Å². The molecule has 0 spiro atoms. The molecule has 12 heavy (non-hydrogen) atoms. The second-order valence-electron chi connectivity index (χ2n) is 3.48. The maximum atomic E-state index is 13.1. The molecule has 1 heterocycles. The lowest BCUT2D eigenvalue weighted by molar-refractivity contribution is 0.353. The molecule has 5 heteroatoms. The molecule has 0 bridgehead atoms. The molecule has 1 aromatic rings. The van der Waals surface area contributed by atoms with Gasteiger partial charge in [-0.05, 0) is 43.4 Å². The fraction of sp³-hybridized carbons (Fsp3) is 0.571. The molecular formula is C7H9ClFIN2. The maximum Gasteiger partial charge on any atom is 0.193 e. The van der Waals surface area contributed by atoms with Gasteiger partial charge in [0, 0.05) is 0 Å². The Bertz CT molecular complexity index is 303. The van der Waals surface area contributed by atoms with E-state index in [0.29, 0.717) is 3.70 Å². The lowest BCUT2D eigenvalue weighted by Crippen LogP contribution is -2.23. The molecule has 1 rings (SSSR count). The highest BCUT2D eigenvalue weighted by atomic mass is 127. The highest BCUT2D eigenvalue weighted by Crippen LogP contribution is 2.25. The van der Waals surface area contributed by atoms with E-state index in [-0.39, 0.29) is 10.7 Å². The standard InChI is InChI=1S/C7H9ClFIN2/c1-7(2,3)12-5(8)4(9)6(10)11-12/h1-3H3. The summed E-state index contributed by atoms with van der Waals surface area (Å²) < 4.78 is 14.8. The Morgan fingerprint density at radius 3 is 2.17 bits per heavy atom. The van der Waals surface area contributed by atoms with Gasteiger partial charge in [0.25, 0.3) is 0 Å². The van der Waals surface area contributed by atoms with Crippen LogP contribution in [0.15, 0.2) is 0 Å². The van der Waals surface area contributed by atoms with Crippen molar-refractivity contribution in [2.24, 2.45) is 0 Å². The zero-order chi connectivity index (χ0) is 9.52. The Labute approximate surface area is 89.2 Å². The van der Waals surface area contributed by atoms with Gasteiger partial charge in [0.1, 0.15) is 0 Å². The van der Waals surface area contributed by atoms with Crippen LogP contribution in [0.2, 0.25) is 5.15 Å². The van der Waals surface area contributed by atoms with Crippen molar-refractivity contribution in [1.82, 2.24) is 9.78 Å². The van der Waals surface area contributed by atoms with Gasteiger partial charge in [0.05, 0.1) is 5.54 Å². The molecule has 0 amide bonds. The summed E-state index contributed by atoms with van der Waals surface area (Å²) in [6.45, 7) is 5.75. The quantitative estimate of drug-likeness (QED) is 0.674. The summed E-state index contributed by atoms with van der Waals surface area (Å²) in [5, 5.41) is 4.05. The molecule has 0 saturated carbocycles. The van der Waals surface area contributed by atoms with Gasteiger partial charge in [-0.15, -0.1) is 0 Å². The van der Waals surface area contributed by atoms with E-state index in [0.717, 1.165) is 0 Å². The van der Waals surface area contributed by atoms with Crippen LogP contribution in [0.4, 0.5) is 4.39 Å². The number of rotatable bonds is 0. The van der Waals surface area contributed by atoms with Gasteiger partial charge in [0.2, 0.25) is 0 Å². The second-order valence-corrected chi connectivity index (χ2v) is 4.86. The number of hydrogen-bond donors (Lipinski definition) is 0. The van der Waals surface area contributed by atoms with E-state index in [1.807, 2.05) is 43.4 Å². The summed E-state index contributed by atoms with van der Waals surface area (Å²) in [5.74, 6) is -0.438. The average molecular weight is 303 g/mol. The average Bonchev–Trinajstić information content (AvgIpc) is 2.15. The van der Waals surface area contributed by atoms with Crippen molar-refractivity contribution in [3.63, 3.8) is 0 Å². The predicted molar refractivity (Wildman–Crippen MR) is 54.9 cm³/mol. The first kappa shape index (κ1) is 10.2. The smallest absolute Gasteiger partial charge is 0.193 e. The molecule has 0 aliphatic carbocycles. The van der Waals surface area contributed by atoms with Crippen LogP contribution in [-0.2, 0) is 5.54 Å². The van der Waals surface area contributed by atoms with Crippen molar-refractivity contribution >= 4 is 34.2 Å². The van der Waals surface area contributed by atoms with Crippen molar-refractivity contribution in [1.29, 1.82) is 0 Å². The summed E-state index contributed by atoms with van der Waals surface area (Å²) in [5.41, 5.74) is -0.276. The zero-order valence-corrected chi connectivity index (χ0v) is 9.94. The minimum atomic E-state index is -0.438. The van der Waals surface area contributed by atoms with Crippen molar-refractivity contribution in [2.45, 2.75) is 26.3 Å². The highest BCUT2D eigenvalue weighted by molar-refractivity contribution is 14.1. The highest BCUT2D eigenvalue weighted by Gasteiger charge is 2.22. The summed E-state index contributed by atoms with van der Waals surface area (Å²) in [7, 11) is 0. The summed E-state index contributed by atoms with van der Waals surface area (Å²) in [6, 6.07) is 0. The predicted octanol–water partition coefficient (Wildman–Crippen LogP) is 3.04. The van der Waals surface area contributed by atoms with Crippen molar-refractivity contribution in [2.75, 3.05) is 0 Å². The molecule has 68 valence electrons. The van der Waals surface area contributed by atoms with Crippen molar-refractivity contribution in [3.05, 3.63) is 14.7 Å². The first-order chi connectivity index (χ1) is 5.34. The van der Waals surface area contributed by atoms with Crippen molar-refractivity contribution in [3.8, 4) is 0 Å². The van der Waals surface area contributed by atoms with Gasteiger partial charge < -0.3 is 0 Å². The fourth-order valence-corrected chi connectivity index (χ4v) is 1.81. The third kappa shape index (κ3) is 1.74. The Hall–Kier alpha value is 0.160. The van der Waals surface area contributed by atoms with E-state index in [9.17, 15) is 4.39 Å². The SMILES string of the molecule is CC(C)(C)n1nc(I)c(F)c1Cl. The van der Waals surface area contributed by atoms with E-state index in [4.69, 9.17) is 11.6 Å². The molecule has 0 fully saturated rings. The van der Waals surface area contributed by atoms with Crippen LogP contribution in [0, 0.1) is 9.52 Å². The Morgan fingerprint density at radius 1 is 1.50 bits per heavy atom. The van der Waals surface area contributed by atoms with E-state index in [1.165, 1.54) is 4.68 Å². The van der Waals surface area contributed by atoms with Gasteiger partial charge in [-0.1, -0.05) is 11.6 Å². The minimum absolute atomic E-state index is 0.0758. The van der Waals surface area contributed by atoms with Gasteiger partial charge in [-0.3, -0.25) is 0 Å². The van der Waals surface area contributed by atoms with E-state index in [2.05, 4.69) is 5.10 Å². The number of nitrogens with zero attached hydrogens (tertiary/aromatic N) is 2. The number of hydrogen-bond acceptors (Lipinski definition) is 1. The molecule has 0 saturated heterocycles. The maximum absolute atomic E-state index is 13.1. The normalized spacial score (nSPS) is 12.2. The van der Waals surface area contributed by atoms with Crippen LogP contribution in [0.1, 0.15) is 20.8 Å². The molecule has 1 aromatic heterocycles. The molecule has 0 aliphatic rings. The largest absolute Gasteiger partial charge is 0.245 e. The first-order valence-corrected chi connectivity index (χ1v) is 4.89. The number of aromatic nitrogens is 2. The molecule has 0 aliphatic heterocycles. The Balaban J connectivity index is 3.28. The topological polar surface area (TPSA) is 17.8 Å². The Kier molecular flexibility index (Phi) is 2.68. The van der Waals surface area contributed by atoms with Gasteiger partial charge in [0.15, 0.2) is 14.7 Å². The van der Waals surface area contributed by atoms with Crippen LogP contribution >= 0.6 is 34.2 Å². The van der Waals surface area contributed by atoms with E-state index in [1.54, 1.807) is 0 Å². The molecular weight excluding hydrogens is 293 g/mol. The van der Waals surface area contributed by atoms with Crippen LogP contribution < -0.4 is 0 Å². The van der Waals surface area contributed by atoms with Gasteiger partial charge in [-0.2, -0.15) is 5.10 Å². The van der Waals surface area contributed by atoms with Crippen LogP contribution in [0.3, 0.4) is 0 Å². The molecule has 0 atom stereocenters. The second kappa shape index (κ2) is 3.14. The Morgan fingerprint density at radius 2 is 2.00 bits per heavy atom. The summed E-state index contributed by atoms with van der Waals surface area (Å²) in [4.78, 5) is 0. The third-order valence-corrected chi connectivity index (χ3v) is 2.39. The monoisotopic (exact) mass is 302 g/mol. The van der Waals surface area contributed by atoms with E-state index < -0.39 is 5.82 Å². The fourth-order valence-electron chi connectivity index (χ4n) is 0.798. The number of halogens is 3. The summed E-state index contributed by atoms with van der Waals surface area (Å²) in [6.07, 6.45) is 0. The zero-order valence-electron chi connectivity index (χ0n) is 7.03. The molecule has 0 radical (unpaired) electrons. The molecule has 2 nitrogen and oxygen atoms in total. The van der Waals surface area contributed by atoms with Crippen LogP contribution in [0.5, 0.6) is 0 Å².